The number of likely N-dealkylation sites (N-methyl/N-ethyl adjacent to an activating group) is 1. The van der Waals surface area contributed by atoms with Crippen molar-refractivity contribution in [2.45, 2.75) is 58.1 Å². The molecule has 1 aliphatic carbocycles. The number of carbonyl (C=O) groups is 1. The molecule has 2 aromatic rings. The quantitative estimate of drug-likeness (QED) is 0.761. The van der Waals surface area contributed by atoms with Gasteiger partial charge in [-0.3, -0.25) is 9.78 Å². The van der Waals surface area contributed by atoms with Gasteiger partial charge >= 0.3 is 0 Å². The number of carbonyl (C=O) groups excluding carboxylic acids is 1. The Morgan fingerprint density at radius 1 is 1.32 bits per heavy atom. The van der Waals surface area contributed by atoms with Gasteiger partial charge in [0.2, 0.25) is 5.91 Å². The molecule has 0 saturated carbocycles. The van der Waals surface area contributed by atoms with E-state index in [4.69, 9.17) is 19.4 Å². The minimum absolute atomic E-state index is 0.0331. The SMILES string of the molecule is CN(CC(=O)NC(C)(C)C)c1nc(-c2cc(O[C@@H]3CCOC3)ccn2)nc2c1CCC2. The number of pyridine rings is 1. The molecule has 31 heavy (non-hydrogen) atoms. The number of ether oxygens (including phenoxy) is 2. The minimum Gasteiger partial charge on any atom is -0.488 e. The summed E-state index contributed by atoms with van der Waals surface area (Å²) in [4.78, 5) is 28.5. The zero-order valence-corrected chi connectivity index (χ0v) is 18.8. The van der Waals surface area contributed by atoms with Crippen LogP contribution < -0.4 is 15.0 Å². The third-order valence-corrected chi connectivity index (χ3v) is 5.32. The van der Waals surface area contributed by atoms with Crippen molar-refractivity contribution in [2.24, 2.45) is 0 Å². The predicted molar refractivity (Wildman–Crippen MR) is 118 cm³/mol. The molecule has 3 heterocycles. The summed E-state index contributed by atoms with van der Waals surface area (Å²) in [5.74, 6) is 2.07. The molecule has 1 saturated heterocycles. The Bertz CT molecular complexity index is 951. The maximum absolute atomic E-state index is 12.5. The van der Waals surface area contributed by atoms with Crippen LogP contribution in [0.1, 0.15) is 44.9 Å². The summed E-state index contributed by atoms with van der Waals surface area (Å²) < 4.78 is 11.4. The number of nitrogens with zero attached hydrogens (tertiary/aromatic N) is 4. The van der Waals surface area contributed by atoms with E-state index in [2.05, 4.69) is 10.3 Å². The number of amides is 1. The Labute approximate surface area is 183 Å². The van der Waals surface area contributed by atoms with Gasteiger partial charge in [0, 0.05) is 42.5 Å². The fourth-order valence-corrected chi connectivity index (χ4v) is 4.00. The van der Waals surface area contributed by atoms with E-state index in [0.717, 1.165) is 55.1 Å². The standard InChI is InChI=1S/C23H31N5O3/c1-23(2,3)27-20(29)13-28(4)22-17-6-5-7-18(17)25-21(26-22)19-12-15(8-10-24-19)31-16-9-11-30-14-16/h8,10,12,16H,5-7,9,11,13-14H2,1-4H3,(H,27,29)/t16-/m1/s1. The maximum atomic E-state index is 12.5. The van der Waals surface area contributed by atoms with E-state index in [-0.39, 0.29) is 24.1 Å². The number of rotatable bonds is 6. The van der Waals surface area contributed by atoms with Gasteiger partial charge in [0.1, 0.15) is 23.4 Å². The smallest absolute Gasteiger partial charge is 0.239 e. The van der Waals surface area contributed by atoms with Crippen LogP contribution in [0.4, 0.5) is 5.82 Å². The Hall–Kier alpha value is -2.74. The van der Waals surface area contributed by atoms with Crippen LogP contribution in [0.15, 0.2) is 18.3 Å². The first-order valence-electron chi connectivity index (χ1n) is 10.9. The molecule has 8 nitrogen and oxygen atoms in total. The van der Waals surface area contributed by atoms with E-state index < -0.39 is 0 Å². The van der Waals surface area contributed by atoms with Crippen LogP contribution in [0.25, 0.3) is 11.5 Å². The highest BCUT2D eigenvalue weighted by molar-refractivity contribution is 5.82. The fourth-order valence-electron chi connectivity index (χ4n) is 4.00. The number of anilines is 1. The molecule has 0 unspecified atom stereocenters. The van der Waals surface area contributed by atoms with Gasteiger partial charge in [-0.15, -0.1) is 0 Å². The summed E-state index contributed by atoms with van der Waals surface area (Å²) in [5, 5.41) is 3.01. The molecule has 0 bridgehead atoms. The lowest BCUT2D eigenvalue weighted by molar-refractivity contribution is -0.121. The second-order valence-electron chi connectivity index (χ2n) is 9.28. The Morgan fingerprint density at radius 3 is 2.90 bits per heavy atom. The van der Waals surface area contributed by atoms with Gasteiger partial charge in [-0.25, -0.2) is 9.97 Å². The van der Waals surface area contributed by atoms with Crippen molar-refractivity contribution in [3.63, 3.8) is 0 Å². The molecule has 1 fully saturated rings. The molecule has 0 aromatic carbocycles. The number of nitrogens with one attached hydrogen (secondary N) is 1. The summed E-state index contributed by atoms with van der Waals surface area (Å²) in [6, 6.07) is 3.73. The van der Waals surface area contributed by atoms with Crippen LogP contribution in [0.2, 0.25) is 0 Å². The van der Waals surface area contributed by atoms with Crippen molar-refractivity contribution < 1.29 is 14.3 Å². The van der Waals surface area contributed by atoms with Crippen LogP contribution >= 0.6 is 0 Å². The monoisotopic (exact) mass is 425 g/mol. The molecule has 2 aromatic heterocycles. The second-order valence-corrected chi connectivity index (χ2v) is 9.28. The summed E-state index contributed by atoms with van der Waals surface area (Å²) in [6.07, 6.45) is 5.56. The van der Waals surface area contributed by atoms with Crippen molar-refractivity contribution in [1.29, 1.82) is 0 Å². The van der Waals surface area contributed by atoms with E-state index in [1.165, 1.54) is 0 Å². The average molecular weight is 426 g/mol. The highest BCUT2D eigenvalue weighted by Crippen LogP contribution is 2.31. The predicted octanol–water partition coefficient (Wildman–Crippen LogP) is 2.55. The molecular weight excluding hydrogens is 394 g/mol. The molecule has 1 aliphatic heterocycles. The first kappa shape index (κ1) is 21.5. The molecule has 166 valence electrons. The fraction of sp³-hybridized carbons (Fsp3) is 0.565. The van der Waals surface area contributed by atoms with Crippen molar-refractivity contribution in [1.82, 2.24) is 20.3 Å². The summed E-state index contributed by atoms with van der Waals surface area (Å²) in [5.41, 5.74) is 2.57. The van der Waals surface area contributed by atoms with E-state index >= 15 is 0 Å². The lowest BCUT2D eigenvalue weighted by atomic mass is 10.1. The topological polar surface area (TPSA) is 89.5 Å². The normalized spacial score (nSPS) is 18.0. The van der Waals surface area contributed by atoms with Gasteiger partial charge < -0.3 is 19.7 Å². The first-order valence-corrected chi connectivity index (χ1v) is 10.9. The van der Waals surface area contributed by atoms with Crippen LogP contribution in [-0.4, -0.2) is 59.3 Å². The van der Waals surface area contributed by atoms with Crippen LogP contribution in [0.3, 0.4) is 0 Å². The van der Waals surface area contributed by atoms with Gasteiger partial charge in [-0.1, -0.05) is 0 Å². The third-order valence-electron chi connectivity index (χ3n) is 5.32. The van der Waals surface area contributed by atoms with E-state index in [0.29, 0.717) is 18.1 Å². The Kier molecular flexibility index (Phi) is 6.09. The summed E-state index contributed by atoms with van der Waals surface area (Å²) in [7, 11) is 1.90. The number of fused-ring (bicyclic) bond motifs is 1. The van der Waals surface area contributed by atoms with Gasteiger partial charge in [0.25, 0.3) is 0 Å². The lowest BCUT2D eigenvalue weighted by Gasteiger charge is -2.25. The Morgan fingerprint density at radius 2 is 2.16 bits per heavy atom. The lowest BCUT2D eigenvalue weighted by Crippen LogP contribution is -2.45. The van der Waals surface area contributed by atoms with Gasteiger partial charge in [-0.2, -0.15) is 0 Å². The molecule has 0 spiro atoms. The molecular formula is C23H31N5O3. The van der Waals surface area contributed by atoms with Crippen molar-refractivity contribution in [3.8, 4) is 17.3 Å². The largest absolute Gasteiger partial charge is 0.488 e. The zero-order valence-electron chi connectivity index (χ0n) is 18.8. The average Bonchev–Trinajstić information content (AvgIpc) is 3.37. The number of hydrogen-bond acceptors (Lipinski definition) is 7. The van der Waals surface area contributed by atoms with Gasteiger partial charge in [0.05, 0.1) is 19.8 Å². The molecule has 0 radical (unpaired) electrons. The van der Waals surface area contributed by atoms with E-state index in [1.54, 1.807) is 6.20 Å². The molecule has 4 rings (SSSR count). The molecule has 1 N–H and O–H groups in total. The number of hydrogen-bond donors (Lipinski definition) is 1. The Balaban J connectivity index is 1.59. The maximum Gasteiger partial charge on any atom is 0.239 e. The van der Waals surface area contributed by atoms with Gasteiger partial charge in [-0.05, 0) is 46.1 Å². The third kappa shape index (κ3) is 5.31. The first-order chi connectivity index (χ1) is 14.8. The van der Waals surface area contributed by atoms with Crippen molar-refractivity contribution >= 4 is 11.7 Å². The molecule has 8 heteroatoms. The van der Waals surface area contributed by atoms with E-state index in [1.807, 2.05) is 44.9 Å². The molecule has 1 atom stereocenters. The van der Waals surface area contributed by atoms with Crippen molar-refractivity contribution in [2.75, 3.05) is 31.7 Å². The molecule has 1 amide bonds. The highest BCUT2D eigenvalue weighted by Gasteiger charge is 2.25. The van der Waals surface area contributed by atoms with Crippen molar-refractivity contribution in [3.05, 3.63) is 29.6 Å². The van der Waals surface area contributed by atoms with Crippen LogP contribution in [-0.2, 0) is 22.4 Å². The second kappa shape index (κ2) is 8.78. The minimum atomic E-state index is -0.272. The molecule has 2 aliphatic rings. The van der Waals surface area contributed by atoms with E-state index in [9.17, 15) is 4.79 Å². The summed E-state index contributed by atoms with van der Waals surface area (Å²) in [6.45, 7) is 7.50. The zero-order chi connectivity index (χ0) is 22.0. The highest BCUT2D eigenvalue weighted by atomic mass is 16.5. The number of aryl methyl sites for hydroxylation is 1. The number of aromatic nitrogens is 3. The van der Waals surface area contributed by atoms with Gasteiger partial charge in [0.15, 0.2) is 5.82 Å². The van der Waals surface area contributed by atoms with Crippen LogP contribution in [0.5, 0.6) is 5.75 Å². The summed E-state index contributed by atoms with van der Waals surface area (Å²) >= 11 is 0. The van der Waals surface area contributed by atoms with Crippen LogP contribution in [0, 0.1) is 0 Å².